The number of rotatable bonds is 4. The van der Waals surface area contributed by atoms with Gasteiger partial charge >= 0.3 is 24.3 Å². The van der Waals surface area contributed by atoms with E-state index in [2.05, 4.69) is 9.80 Å². The molecule has 0 unspecified atom stereocenters. The molecule has 36 heavy (non-hydrogen) atoms. The van der Waals surface area contributed by atoms with E-state index in [1.54, 1.807) is 12.5 Å². The lowest BCUT2D eigenvalue weighted by Gasteiger charge is -2.22. The second-order valence-corrected chi connectivity index (χ2v) is 7.92. The smallest absolute Gasteiger partial charge is 0.475 e. The van der Waals surface area contributed by atoms with Crippen molar-refractivity contribution < 1.29 is 59.7 Å². The van der Waals surface area contributed by atoms with Crippen molar-refractivity contribution in [3.63, 3.8) is 0 Å². The molecule has 0 bridgehead atoms. The molecule has 2 saturated heterocycles. The van der Waals surface area contributed by atoms with E-state index >= 15 is 0 Å². The largest absolute Gasteiger partial charge is 0.490 e. The van der Waals surface area contributed by atoms with Gasteiger partial charge in [0.15, 0.2) is 0 Å². The molecule has 0 aliphatic carbocycles. The first-order valence-corrected chi connectivity index (χ1v) is 10.5. The van der Waals surface area contributed by atoms with Crippen molar-refractivity contribution in [1.82, 2.24) is 9.80 Å². The minimum atomic E-state index is -5.08. The maximum absolute atomic E-state index is 10.6. The number of ether oxygens (including phenoxy) is 1. The zero-order valence-electron chi connectivity index (χ0n) is 18.7. The van der Waals surface area contributed by atoms with E-state index in [1.165, 1.54) is 5.56 Å². The van der Waals surface area contributed by atoms with E-state index in [9.17, 15) is 26.3 Å². The van der Waals surface area contributed by atoms with Gasteiger partial charge in [0.05, 0.1) is 38.0 Å². The number of fused-ring (bicyclic) bond motifs is 1. The summed E-state index contributed by atoms with van der Waals surface area (Å²) >= 11 is 0. The molecule has 0 spiro atoms. The maximum atomic E-state index is 10.6. The van der Waals surface area contributed by atoms with Gasteiger partial charge in [0.25, 0.3) is 0 Å². The van der Waals surface area contributed by atoms with Crippen molar-refractivity contribution in [2.45, 2.75) is 31.5 Å². The molecule has 2 fully saturated rings. The average molecular weight is 530 g/mol. The van der Waals surface area contributed by atoms with Crippen molar-refractivity contribution in [3.8, 4) is 0 Å². The van der Waals surface area contributed by atoms with E-state index in [0.717, 1.165) is 51.6 Å². The summed E-state index contributed by atoms with van der Waals surface area (Å²) in [6, 6.07) is 6.04. The molecule has 2 atom stereocenters. The Kier molecular flexibility index (Phi) is 10.4. The molecular weight excluding hydrogens is 506 g/mol. The molecule has 4 rings (SSSR count). The molecule has 0 aromatic carbocycles. The van der Waals surface area contributed by atoms with Crippen LogP contribution >= 0.6 is 0 Å². The summed E-state index contributed by atoms with van der Waals surface area (Å²) in [6.45, 7) is 6.80. The number of likely N-dealkylation sites (tertiary alicyclic amines) is 1. The van der Waals surface area contributed by atoms with E-state index in [-0.39, 0.29) is 0 Å². The van der Waals surface area contributed by atoms with E-state index in [4.69, 9.17) is 33.4 Å². The Morgan fingerprint density at radius 3 is 2.03 bits per heavy atom. The average Bonchev–Trinajstić information content (AvgIpc) is 3.50. The molecule has 9 nitrogen and oxygen atoms in total. The van der Waals surface area contributed by atoms with Crippen LogP contribution < -0.4 is 0 Å². The second-order valence-electron chi connectivity index (χ2n) is 7.92. The number of halogens is 6. The number of alkyl halides is 6. The predicted octanol–water partition coefficient (Wildman–Crippen LogP) is 3.47. The molecular formula is C21H24F6N2O7. The number of carbonyl (C=O) groups is 2. The lowest BCUT2D eigenvalue weighted by molar-refractivity contribution is -0.193. The van der Waals surface area contributed by atoms with E-state index in [0.29, 0.717) is 12.0 Å². The van der Waals surface area contributed by atoms with Gasteiger partial charge in [0.2, 0.25) is 0 Å². The fraction of sp³-hybridized carbons (Fsp3) is 0.524. The van der Waals surface area contributed by atoms with Gasteiger partial charge in [-0.05, 0) is 18.2 Å². The lowest BCUT2D eigenvalue weighted by atomic mass is 10.1. The molecule has 0 radical (unpaired) electrons. The van der Waals surface area contributed by atoms with Crippen LogP contribution in [-0.2, 0) is 27.4 Å². The number of hydrogen-bond acceptors (Lipinski definition) is 7. The summed E-state index contributed by atoms with van der Waals surface area (Å²) in [5.74, 6) is -3.91. The highest BCUT2D eigenvalue weighted by Gasteiger charge is 2.39. The highest BCUT2D eigenvalue weighted by molar-refractivity contribution is 5.73. The Hall–Kier alpha value is -3.04. The van der Waals surface area contributed by atoms with E-state index in [1.807, 2.05) is 24.5 Å². The summed E-state index contributed by atoms with van der Waals surface area (Å²) in [5, 5.41) is 14.2. The van der Waals surface area contributed by atoms with Crippen LogP contribution in [0.25, 0.3) is 0 Å². The Morgan fingerprint density at radius 1 is 0.917 bits per heavy atom. The van der Waals surface area contributed by atoms with Gasteiger partial charge in [0.1, 0.15) is 5.76 Å². The zero-order chi connectivity index (χ0) is 26.9. The van der Waals surface area contributed by atoms with Crippen LogP contribution in [-0.4, -0.2) is 83.2 Å². The van der Waals surface area contributed by atoms with Gasteiger partial charge in [-0.2, -0.15) is 26.3 Å². The van der Waals surface area contributed by atoms with Crippen LogP contribution in [0.15, 0.2) is 45.8 Å². The number of hydrogen-bond donors (Lipinski definition) is 2. The summed E-state index contributed by atoms with van der Waals surface area (Å²) < 4.78 is 80.2. The van der Waals surface area contributed by atoms with Gasteiger partial charge in [-0.15, -0.1) is 0 Å². The highest BCUT2D eigenvalue weighted by Crippen LogP contribution is 2.26. The third-order valence-electron chi connectivity index (χ3n) is 5.12. The normalized spacial score (nSPS) is 20.8. The quantitative estimate of drug-likeness (QED) is 0.574. The van der Waals surface area contributed by atoms with E-state index < -0.39 is 24.3 Å². The van der Waals surface area contributed by atoms with Crippen molar-refractivity contribution in [2.75, 3.05) is 32.8 Å². The first kappa shape index (κ1) is 29.2. The SMILES string of the molecule is O=C(O)C(F)(F)F.O=C(O)C(F)(F)F.c1coc(CN2CCO[C@@H]3CN(Cc4ccoc4)C[C@@H]3C2)c1. The molecule has 4 heterocycles. The Morgan fingerprint density at radius 2 is 1.53 bits per heavy atom. The topological polar surface area (TPSA) is 117 Å². The number of carboxylic acid groups (broad SMARTS) is 2. The molecule has 2 aliphatic heterocycles. The summed E-state index contributed by atoms with van der Waals surface area (Å²) in [7, 11) is 0. The van der Waals surface area contributed by atoms with Gasteiger partial charge in [-0.1, -0.05) is 0 Å². The minimum absolute atomic E-state index is 0.355. The van der Waals surface area contributed by atoms with Crippen LogP contribution in [0.5, 0.6) is 0 Å². The maximum Gasteiger partial charge on any atom is 0.490 e. The van der Waals surface area contributed by atoms with Gasteiger partial charge < -0.3 is 23.8 Å². The molecule has 15 heteroatoms. The van der Waals surface area contributed by atoms with Gasteiger partial charge in [0, 0.05) is 44.2 Å². The van der Waals surface area contributed by atoms with Gasteiger partial charge in [-0.25, -0.2) is 9.59 Å². The van der Waals surface area contributed by atoms with Crippen molar-refractivity contribution >= 4 is 11.9 Å². The molecule has 2 N–H and O–H groups in total. The van der Waals surface area contributed by atoms with Crippen LogP contribution in [0.2, 0.25) is 0 Å². The van der Waals surface area contributed by atoms with Crippen LogP contribution in [0.3, 0.4) is 0 Å². The first-order valence-electron chi connectivity index (χ1n) is 10.5. The Labute approximate surface area is 200 Å². The van der Waals surface area contributed by atoms with Crippen LogP contribution in [0.4, 0.5) is 26.3 Å². The molecule has 2 aliphatic rings. The number of nitrogens with zero attached hydrogens (tertiary/aromatic N) is 2. The highest BCUT2D eigenvalue weighted by atomic mass is 19.4. The monoisotopic (exact) mass is 530 g/mol. The number of aliphatic carboxylic acids is 2. The molecule has 0 saturated carbocycles. The third-order valence-corrected chi connectivity index (χ3v) is 5.12. The van der Waals surface area contributed by atoms with Gasteiger partial charge in [-0.3, -0.25) is 9.80 Å². The fourth-order valence-electron chi connectivity index (χ4n) is 3.58. The minimum Gasteiger partial charge on any atom is -0.475 e. The predicted molar refractivity (Wildman–Crippen MR) is 109 cm³/mol. The molecule has 2 aromatic rings. The van der Waals surface area contributed by atoms with Crippen molar-refractivity contribution in [3.05, 3.63) is 48.3 Å². The van der Waals surface area contributed by atoms with Crippen molar-refractivity contribution in [2.24, 2.45) is 5.92 Å². The van der Waals surface area contributed by atoms with Crippen LogP contribution in [0, 0.1) is 5.92 Å². The first-order chi connectivity index (χ1) is 16.8. The lowest BCUT2D eigenvalue weighted by Crippen LogP contribution is -2.32. The number of furan rings is 2. The molecule has 202 valence electrons. The molecule has 0 amide bonds. The second kappa shape index (κ2) is 12.8. The number of carboxylic acids is 2. The standard InChI is InChI=1S/C17H22N2O3.2C2HF3O2/c1-2-16(21-5-1)11-18-4-7-22-17-12-19(10-15(17)9-18)8-14-3-6-20-13-14;2*3-2(4,5)1(6)7/h1-3,5-6,13,15,17H,4,7-12H2;2*(H,6,7)/t15-,17+;;/m0../s1. The summed E-state index contributed by atoms with van der Waals surface area (Å²) in [6.07, 6.45) is -4.49. The van der Waals surface area contributed by atoms with Crippen LogP contribution in [0.1, 0.15) is 11.3 Å². The Bertz CT molecular complexity index is 908. The van der Waals surface area contributed by atoms with Crippen molar-refractivity contribution in [1.29, 1.82) is 0 Å². The zero-order valence-corrected chi connectivity index (χ0v) is 18.7. The third kappa shape index (κ3) is 9.91. The molecule has 2 aromatic heterocycles. The summed E-state index contributed by atoms with van der Waals surface area (Å²) in [5.41, 5.74) is 1.24. The fourth-order valence-corrected chi connectivity index (χ4v) is 3.58. The Balaban J connectivity index is 0.000000271. The summed E-state index contributed by atoms with van der Waals surface area (Å²) in [4.78, 5) is 22.7.